The highest BCUT2D eigenvalue weighted by Crippen LogP contribution is 2.22. The van der Waals surface area contributed by atoms with E-state index in [1.807, 2.05) is 36.4 Å². The number of ketones is 1. The zero-order chi connectivity index (χ0) is 13.0. The van der Waals surface area contributed by atoms with Crippen LogP contribution in [0.5, 0.6) is 5.88 Å². The van der Waals surface area contributed by atoms with Gasteiger partial charge in [0.25, 0.3) is 0 Å². The zero-order valence-electron chi connectivity index (χ0n) is 10.5. The number of nitrogens with zero attached hydrogens (tertiary/aromatic N) is 1. The Morgan fingerprint density at radius 2 is 1.89 bits per heavy atom. The summed E-state index contributed by atoms with van der Waals surface area (Å²) in [5, 5.41) is 0. The van der Waals surface area contributed by atoms with Crippen LogP contribution in [0.4, 0.5) is 0 Å². The molecule has 0 fully saturated rings. The van der Waals surface area contributed by atoms with Gasteiger partial charge in [-0.1, -0.05) is 24.3 Å². The molecule has 0 bridgehead atoms. The lowest BCUT2D eigenvalue weighted by Gasteiger charge is -2.05. The van der Waals surface area contributed by atoms with Crippen LogP contribution in [-0.4, -0.2) is 17.9 Å². The van der Waals surface area contributed by atoms with Crippen LogP contribution in [0, 0.1) is 0 Å². The van der Waals surface area contributed by atoms with Crippen LogP contribution in [0.25, 0.3) is 11.1 Å². The molecule has 0 unspecified atom stereocenters. The summed E-state index contributed by atoms with van der Waals surface area (Å²) >= 11 is 0. The fourth-order valence-corrected chi connectivity index (χ4v) is 1.80. The maximum absolute atomic E-state index is 11.0. The fourth-order valence-electron chi connectivity index (χ4n) is 1.80. The van der Waals surface area contributed by atoms with E-state index in [1.165, 1.54) is 0 Å². The molecule has 0 radical (unpaired) electrons. The van der Waals surface area contributed by atoms with Crippen molar-refractivity contribution in [2.45, 2.75) is 13.3 Å². The number of aromatic nitrogens is 1. The van der Waals surface area contributed by atoms with Crippen molar-refractivity contribution in [2.75, 3.05) is 7.11 Å². The maximum Gasteiger partial charge on any atom is 0.213 e. The lowest BCUT2D eigenvalue weighted by molar-refractivity contribution is -0.116. The molecule has 0 aliphatic carbocycles. The topological polar surface area (TPSA) is 39.2 Å². The maximum atomic E-state index is 11.0. The minimum absolute atomic E-state index is 0.174. The van der Waals surface area contributed by atoms with Gasteiger partial charge in [-0.2, -0.15) is 0 Å². The first kappa shape index (κ1) is 12.3. The second kappa shape index (κ2) is 5.45. The third kappa shape index (κ3) is 2.94. The Balaban J connectivity index is 2.25. The van der Waals surface area contributed by atoms with E-state index in [9.17, 15) is 4.79 Å². The number of rotatable bonds is 4. The van der Waals surface area contributed by atoms with Crippen molar-refractivity contribution in [3.05, 3.63) is 48.2 Å². The van der Waals surface area contributed by atoms with Gasteiger partial charge in [0, 0.05) is 18.7 Å². The Labute approximate surface area is 106 Å². The van der Waals surface area contributed by atoms with Gasteiger partial charge < -0.3 is 4.74 Å². The van der Waals surface area contributed by atoms with Crippen molar-refractivity contribution in [3.8, 4) is 17.0 Å². The summed E-state index contributed by atoms with van der Waals surface area (Å²) < 4.78 is 5.10. The first-order valence-electron chi connectivity index (χ1n) is 5.78. The van der Waals surface area contributed by atoms with Gasteiger partial charge in [0.1, 0.15) is 5.78 Å². The Morgan fingerprint density at radius 1 is 1.17 bits per heavy atom. The van der Waals surface area contributed by atoms with Crippen LogP contribution >= 0.6 is 0 Å². The number of carbonyl (C=O) groups is 1. The molecule has 2 aromatic rings. The van der Waals surface area contributed by atoms with E-state index in [-0.39, 0.29) is 5.78 Å². The molecular weight excluding hydrogens is 226 g/mol. The highest BCUT2D eigenvalue weighted by Gasteiger charge is 2.02. The van der Waals surface area contributed by atoms with E-state index in [0.29, 0.717) is 12.3 Å². The summed E-state index contributed by atoms with van der Waals surface area (Å²) in [6.07, 6.45) is 2.21. The fraction of sp³-hybridized carbons (Fsp3) is 0.200. The summed E-state index contributed by atoms with van der Waals surface area (Å²) in [5.74, 6) is 0.772. The SMILES string of the molecule is COc1cc(-c2ccc(CC(C)=O)cc2)ccn1. The summed E-state index contributed by atoms with van der Waals surface area (Å²) in [7, 11) is 1.60. The molecule has 1 aromatic carbocycles. The number of hydrogen-bond donors (Lipinski definition) is 0. The quantitative estimate of drug-likeness (QED) is 0.826. The molecule has 0 atom stereocenters. The van der Waals surface area contributed by atoms with Crippen LogP contribution < -0.4 is 4.74 Å². The lowest BCUT2D eigenvalue weighted by atomic mass is 10.0. The van der Waals surface area contributed by atoms with Gasteiger partial charge in [0.2, 0.25) is 5.88 Å². The van der Waals surface area contributed by atoms with Crippen LogP contribution in [-0.2, 0) is 11.2 Å². The molecule has 18 heavy (non-hydrogen) atoms. The van der Waals surface area contributed by atoms with E-state index >= 15 is 0 Å². The van der Waals surface area contributed by atoms with Crippen LogP contribution in [0.2, 0.25) is 0 Å². The average molecular weight is 241 g/mol. The molecule has 1 aromatic heterocycles. The number of benzene rings is 1. The van der Waals surface area contributed by atoms with E-state index < -0.39 is 0 Å². The Bertz CT molecular complexity index is 547. The minimum Gasteiger partial charge on any atom is -0.481 e. The predicted molar refractivity (Wildman–Crippen MR) is 70.6 cm³/mol. The third-order valence-electron chi connectivity index (χ3n) is 2.68. The summed E-state index contributed by atoms with van der Waals surface area (Å²) in [5.41, 5.74) is 3.17. The Morgan fingerprint density at radius 3 is 2.50 bits per heavy atom. The van der Waals surface area contributed by atoms with Gasteiger partial charge in [0.05, 0.1) is 7.11 Å². The number of hydrogen-bond acceptors (Lipinski definition) is 3. The Hall–Kier alpha value is -2.16. The lowest BCUT2D eigenvalue weighted by Crippen LogP contribution is -1.95. The molecule has 3 nitrogen and oxygen atoms in total. The second-order valence-electron chi connectivity index (χ2n) is 4.16. The van der Waals surface area contributed by atoms with Gasteiger partial charge in [-0.25, -0.2) is 4.98 Å². The largest absolute Gasteiger partial charge is 0.481 e. The third-order valence-corrected chi connectivity index (χ3v) is 2.68. The molecule has 0 N–H and O–H groups in total. The first-order chi connectivity index (χ1) is 8.69. The van der Waals surface area contributed by atoms with Crippen molar-refractivity contribution in [1.29, 1.82) is 0 Å². The van der Waals surface area contributed by atoms with Crippen LogP contribution in [0.3, 0.4) is 0 Å². The average Bonchev–Trinajstić information content (AvgIpc) is 2.39. The minimum atomic E-state index is 0.174. The molecule has 0 saturated carbocycles. The number of Topliss-reactive ketones (excluding diaryl/α,β-unsaturated/α-hetero) is 1. The number of pyridine rings is 1. The van der Waals surface area contributed by atoms with Crippen molar-refractivity contribution < 1.29 is 9.53 Å². The highest BCUT2D eigenvalue weighted by atomic mass is 16.5. The van der Waals surface area contributed by atoms with Crippen molar-refractivity contribution in [3.63, 3.8) is 0 Å². The molecule has 3 heteroatoms. The highest BCUT2D eigenvalue weighted by molar-refractivity contribution is 5.78. The molecular formula is C15H15NO2. The standard InChI is InChI=1S/C15H15NO2/c1-11(17)9-12-3-5-13(6-4-12)14-7-8-16-15(10-14)18-2/h3-8,10H,9H2,1-2H3. The van der Waals surface area contributed by atoms with Crippen molar-refractivity contribution in [1.82, 2.24) is 4.98 Å². The predicted octanol–water partition coefficient (Wildman–Crippen LogP) is 2.89. The van der Waals surface area contributed by atoms with Gasteiger partial charge in [-0.15, -0.1) is 0 Å². The van der Waals surface area contributed by atoms with E-state index in [4.69, 9.17) is 4.74 Å². The normalized spacial score (nSPS) is 10.1. The van der Waals surface area contributed by atoms with Gasteiger partial charge in [-0.05, 0) is 29.7 Å². The van der Waals surface area contributed by atoms with Crippen molar-refractivity contribution >= 4 is 5.78 Å². The molecule has 0 aliphatic rings. The van der Waals surface area contributed by atoms with Gasteiger partial charge >= 0.3 is 0 Å². The molecule has 92 valence electrons. The molecule has 0 saturated heterocycles. The number of ether oxygens (including phenoxy) is 1. The monoisotopic (exact) mass is 241 g/mol. The summed E-state index contributed by atoms with van der Waals surface area (Å²) in [6.45, 7) is 1.60. The smallest absolute Gasteiger partial charge is 0.213 e. The molecule has 0 amide bonds. The van der Waals surface area contributed by atoms with Crippen LogP contribution in [0.15, 0.2) is 42.6 Å². The molecule has 0 aliphatic heterocycles. The van der Waals surface area contributed by atoms with E-state index in [0.717, 1.165) is 16.7 Å². The van der Waals surface area contributed by atoms with Crippen LogP contribution in [0.1, 0.15) is 12.5 Å². The van der Waals surface area contributed by atoms with Gasteiger partial charge in [-0.3, -0.25) is 4.79 Å². The zero-order valence-corrected chi connectivity index (χ0v) is 10.5. The van der Waals surface area contributed by atoms with Gasteiger partial charge in [0.15, 0.2) is 0 Å². The van der Waals surface area contributed by atoms with Crippen molar-refractivity contribution in [2.24, 2.45) is 0 Å². The molecule has 2 rings (SSSR count). The summed E-state index contributed by atoms with van der Waals surface area (Å²) in [4.78, 5) is 15.1. The second-order valence-corrected chi connectivity index (χ2v) is 4.16. The molecule has 1 heterocycles. The number of carbonyl (C=O) groups excluding carboxylic acids is 1. The first-order valence-corrected chi connectivity index (χ1v) is 5.78. The Kier molecular flexibility index (Phi) is 3.72. The van der Waals surface area contributed by atoms with E-state index in [1.54, 1.807) is 20.2 Å². The number of methoxy groups -OCH3 is 1. The van der Waals surface area contributed by atoms with E-state index in [2.05, 4.69) is 4.98 Å². The molecule has 0 spiro atoms. The summed E-state index contributed by atoms with van der Waals surface area (Å²) in [6, 6.07) is 11.8.